The first kappa shape index (κ1) is 23.5. The number of carbonyl (C=O) groups excluding carboxylic acids is 3. The Hall–Kier alpha value is -4.23. The molecule has 4 amide bonds. The van der Waals surface area contributed by atoms with E-state index in [1.54, 1.807) is 6.08 Å². The van der Waals surface area contributed by atoms with Gasteiger partial charge in [0.05, 0.1) is 11.4 Å². The molecule has 0 bridgehead atoms. The number of amides is 4. The average molecular weight is 540 g/mol. The Bertz CT molecular complexity index is 1480. The number of barbiturate groups is 1. The van der Waals surface area contributed by atoms with E-state index in [2.05, 4.69) is 20.5 Å². The highest BCUT2D eigenvalue weighted by Crippen LogP contribution is 2.38. The van der Waals surface area contributed by atoms with Gasteiger partial charge < -0.3 is 4.57 Å². The van der Waals surface area contributed by atoms with Crippen LogP contribution in [0, 0.1) is 0 Å². The number of benzene rings is 3. The van der Waals surface area contributed by atoms with Crippen molar-refractivity contribution in [2.24, 2.45) is 0 Å². The molecular formula is C29H22BrN3O3. The lowest BCUT2D eigenvalue weighted by molar-refractivity contribution is -0.134. The summed E-state index contributed by atoms with van der Waals surface area (Å²) in [7, 11) is 2.75. The lowest BCUT2D eigenvalue weighted by Crippen LogP contribution is -2.52. The Kier molecular flexibility index (Phi) is 6.16. The van der Waals surface area contributed by atoms with Crippen LogP contribution in [0.1, 0.15) is 5.56 Å². The summed E-state index contributed by atoms with van der Waals surface area (Å²) in [6, 6.07) is 29.1. The molecule has 36 heavy (non-hydrogen) atoms. The van der Waals surface area contributed by atoms with Gasteiger partial charge in [0, 0.05) is 29.8 Å². The Balaban J connectivity index is 1.83. The zero-order valence-corrected chi connectivity index (χ0v) is 21.3. The summed E-state index contributed by atoms with van der Waals surface area (Å²) in [5, 5.41) is 0. The molecule has 5 rings (SSSR count). The molecule has 1 fully saturated rings. The van der Waals surface area contributed by atoms with Crippen LogP contribution >= 0.6 is 15.9 Å². The second kappa shape index (κ2) is 9.43. The number of carbonyl (C=O) groups is 3. The molecule has 0 radical (unpaired) electrons. The van der Waals surface area contributed by atoms with Crippen molar-refractivity contribution in [3.8, 4) is 28.2 Å². The number of nitrogens with zero attached hydrogens (tertiary/aromatic N) is 3. The van der Waals surface area contributed by atoms with E-state index < -0.39 is 17.8 Å². The van der Waals surface area contributed by atoms with Crippen LogP contribution in [0.15, 0.2) is 101 Å². The average Bonchev–Trinajstić information content (AvgIpc) is 3.29. The number of aromatic nitrogens is 1. The van der Waals surface area contributed by atoms with Crippen molar-refractivity contribution < 1.29 is 14.4 Å². The van der Waals surface area contributed by atoms with Gasteiger partial charge in [0.25, 0.3) is 11.8 Å². The van der Waals surface area contributed by atoms with Crippen LogP contribution in [-0.4, -0.2) is 46.3 Å². The van der Waals surface area contributed by atoms with Crippen molar-refractivity contribution in [2.75, 3.05) is 14.1 Å². The SMILES string of the molecule is CN1C(=O)C(=Cc2cc(-c3ccccc3)n(-c3ccc(Br)cc3)c2-c2ccccc2)C(=O)N(C)C1=O. The van der Waals surface area contributed by atoms with Gasteiger partial charge in [-0.2, -0.15) is 0 Å². The first-order valence-corrected chi connectivity index (χ1v) is 12.1. The lowest BCUT2D eigenvalue weighted by Gasteiger charge is -2.28. The highest BCUT2D eigenvalue weighted by atomic mass is 79.9. The van der Waals surface area contributed by atoms with Crippen LogP contribution in [0.3, 0.4) is 0 Å². The molecular weight excluding hydrogens is 518 g/mol. The third-order valence-corrected chi connectivity index (χ3v) is 6.70. The summed E-state index contributed by atoms with van der Waals surface area (Å²) in [6.45, 7) is 0. The van der Waals surface area contributed by atoms with E-state index >= 15 is 0 Å². The minimum atomic E-state index is -0.650. The molecule has 1 saturated heterocycles. The Morgan fingerprint density at radius 1 is 0.694 bits per heavy atom. The van der Waals surface area contributed by atoms with Crippen LogP contribution in [-0.2, 0) is 9.59 Å². The van der Waals surface area contributed by atoms with Gasteiger partial charge in [-0.25, -0.2) is 4.79 Å². The van der Waals surface area contributed by atoms with Crippen molar-refractivity contribution in [3.63, 3.8) is 0 Å². The Morgan fingerprint density at radius 2 is 1.22 bits per heavy atom. The minimum Gasteiger partial charge on any atom is -0.309 e. The summed E-state index contributed by atoms with van der Waals surface area (Å²) in [4.78, 5) is 40.2. The summed E-state index contributed by atoms with van der Waals surface area (Å²) >= 11 is 3.51. The smallest absolute Gasteiger partial charge is 0.309 e. The molecule has 0 N–H and O–H groups in total. The fraction of sp³-hybridized carbons (Fsp3) is 0.0690. The zero-order valence-electron chi connectivity index (χ0n) is 19.7. The molecule has 6 nitrogen and oxygen atoms in total. The van der Waals surface area contributed by atoms with E-state index in [1.165, 1.54) is 14.1 Å². The molecule has 1 aliphatic rings. The van der Waals surface area contributed by atoms with Gasteiger partial charge in [0.15, 0.2) is 0 Å². The molecule has 1 aliphatic heterocycles. The molecule has 2 heterocycles. The van der Waals surface area contributed by atoms with Gasteiger partial charge in [0.2, 0.25) is 0 Å². The number of halogens is 1. The van der Waals surface area contributed by atoms with E-state index in [4.69, 9.17) is 0 Å². The molecule has 0 saturated carbocycles. The largest absolute Gasteiger partial charge is 0.333 e. The number of hydrogen-bond donors (Lipinski definition) is 0. The van der Waals surface area contributed by atoms with Gasteiger partial charge in [-0.05, 0) is 47.5 Å². The fourth-order valence-corrected chi connectivity index (χ4v) is 4.61. The summed E-state index contributed by atoms with van der Waals surface area (Å²) in [5.41, 5.74) is 5.17. The van der Waals surface area contributed by atoms with E-state index in [-0.39, 0.29) is 5.57 Å². The highest BCUT2D eigenvalue weighted by molar-refractivity contribution is 9.10. The summed E-state index contributed by atoms with van der Waals surface area (Å²) in [6.07, 6.45) is 1.59. The van der Waals surface area contributed by atoms with Crippen LogP contribution < -0.4 is 0 Å². The second-order valence-corrected chi connectivity index (χ2v) is 9.36. The predicted octanol–water partition coefficient (Wildman–Crippen LogP) is 6.01. The van der Waals surface area contributed by atoms with Gasteiger partial charge in [-0.15, -0.1) is 0 Å². The maximum atomic E-state index is 13.0. The molecule has 4 aromatic rings. The topological polar surface area (TPSA) is 62.6 Å². The second-order valence-electron chi connectivity index (χ2n) is 8.45. The molecule has 7 heteroatoms. The van der Waals surface area contributed by atoms with Crippen LogP contribution in [0.5, 0.6) is 0 Å². The predicted molar refractivity (Wildman–Crippen MR) is 143 cm³/mol. The first-order valence-electron chi connectivity index (χ1n) is 11.3. The van der Waals surface area contributed by atoms with Gasteiger partial charge >= 0.3 is 6.03 Å². The third-order valence-electron chi connectivity index (χ3n) is 6.18. The third kappa shape index (κ3) is 4.07. The van der Waals surface area contributed by atoms with E-state index in [1.807, 2.05) is 91.0 Å². The lowest BCUT2D eigenvalue weighted by atomic mass is 10.0. The molecule has 0 spiro atoms. The summed E-state index contributed by atoms with van der Waals surface area (Å²) in [5.74, 6) is -1.25. The van der Waals surface area contributed by atoms with Crippen molar-refractivity contribution in [1.82, 2.24) is 14.4 Å². The standard InChI is InChI=1S/C29H22BrN3O3/c1-31-27(34)24(28(35)32(2)29(31)36)17-21-18-25(19-9-5-3-6-10-19)33(23-15-13-22(30)14-16-23)26(21)20-11-7-4-8-12-20/h3-18H,1-2H3. The normalized spacial score (nSPS) is 14.0. The van der Waals surface area contributed by atoms with E-state index in [0.717, 1.165) is 42.5 Å². The van der Waals surface area contributed by atoms with Crippen molar-refractivity contribution in [2.45, 2.75) is 0 Å². The van der Waals surface area contributed by atoms with Crippen molar-refractivity contribution in [1.29, 1.82) is 0 Å². The van der Waals surface area contributed by atoms with E-state index in [0.29, 0.717) is 5.56 Å². The number of imide groups is 2. The van der Waals surface area contributed by atoms with Crippen LogP contribution in [0.4, 0.5) is 4.79 Å². The number of likely N-dealkylation sites (N-methyl/N-ethyl adjacent to an activating group) is 2. The molecule has 0 atom stereocenters. The van der Waals surface area contributed by atoms with Crippen LogP contribution in [0.2, 0.25) is 0 Å². The first-order chi connectivity index (χ1) is 17.4. The molecule has 0 aliphatic carbocycles. The highest BCUT2D eigenvalue weighted by Gasteiger charge is 2.38. The molecule has 0 unspecified atom stereocenters. The Labute approximate surface area is 217 Å². The molecule has 1 aromatic heterocycles. The van der Waals surface area contributed by atoms with Crippen molar-refractivity contribution >= 4 is 39.9 Å². The quantitative estimate of drug-likeness (QED) is 0.235. The monoisotopic (exact) mass is 539 g/mol. The number of urea groups is 1. The van der Waals surface area contributed by atoms with Crippen molar-refractivity contribution in [3.05, 3.63) is 107 Å². The number of hydrogen-bond acceptors (Lipinski definition) is 3. The Morgan fingerprint density at radius 3 is 1.78 bits per heavy atom. The summed E-state index contributed by atoms with van der Waals surface area (Å²) < 4.78 is 3.08. The van der Waals surface area contributed by atoms with Gasteiger partial charge in [-0.3, -0.25) is 19.4 Å². The fourth-order valence-electron chi connectivity index (χ4n) is 4.34. The van der Waals surface area contributed by atoms with Crippen LogP contribution in [0.25, 0.3) is 34.3 Å². The number of rotatable bonds is 4. The van der Waals surface area contributed by atoms with E-state index in [9.17, 15) is 14.4 Å². The zero-order chi connectivity index (χ0) is 25.4. The minimum absolute atomic E-state index is 0.0654. The molecule has 178 valence electrons. The maximum Gasteiger partial charge on any atom is 0.333 e. The molecule has 3 aromatic carbocycles. The maximum absolute atomic E-state index is 13.0. The van der Waals surface area contributed by atoms with Gasteiger partial charge in [0.1, 0.15) is 5.57 Å². The van der Waals surface area contributed by atoms with Gasteiger partial charge in [-0.1, -0.05) is 76.6 Å².